The highest BCUT2D eigenvalue weighted by Crippen LogP contribution is 2.23. The number of sulfonamides is 1. The van der Waals surface area contributed by atoms with Gasteiger partial charge in [0.15, 0.2) is 0 Å². The topological polar surface area (TPSA) is 75.3 Å². The SMILES string of the molecule is CCc1cccc(CC)c1NC(=O)c1cccc(S(=O)(=O)NC)c1. The fourth-order valence-electron chi connectivity index (χ4n) is 2.51. The highest BCUT2D eigenvalue weighted by Gasteiger charge is 2.16. The second-order valence-corrected chi connectivity index (χ2v) is 7.23. The Morgan fingerprint density at radius 2 is 1.58 bits per heavy atom. The average molecular weight is 346 g/mol. The van der Waals surface area contributed by atoms with Crippen LogP contribution in [0.15, 0.2) is 47.4 Å². The molecular formula is C18H22N2O3S. The van der Waals surface area contributed by atoms with Crippen LogP contribution < -0.4 is 10.0 Å². The first kappa shape index (κ1) is 18.2. The van der Waals surface area contributed by atoms with Crippen molar-refractivity contribution in [1.82, 2.24) is 4.72 Å². The van der Waals surface area contributed by atoms with Gasteiger partial charge in [0.1, 0.15) is 0 Å². The van der Waals surface area contributed by atoms with E-state index in [9.17, 15) is 13.2 Å². The van der Waals surface area contributed by atoms with Gasteiger partial charge in [-0.1, -0.05) is 38.1 Å². The summed E-state index contributed by atoms with van der Waals surface area (Å²) in [5, 5.41) is 2.94. The van der Waals surface area contributed by atoms with Crippen molar-refractivity contribution in [2.24, 2.45) is 0 Å². The van der Waals surface area contributed by atoms with Crippen LogP contribution >= 0.6 is 0 Å². The number of amides is 1. The summed E-state index contributed by atoms with van der Waals surface area (Å²) in [4.78, 5) is 12.7. The van der Waals surface area contributed by atoms with Crippen LogP contribution in [0, 0.1) is 0 Å². The Hall–Kier alpha value is -2.18. The molecule has 0 unspecified atom stereocenters. The van der Waals surface area contributed by atoms with Crippen molar-refractivity contribution in [3.8, 4) is 0 Å². The van der Waals surface area contributed by atoms with Crippen LogP contribution in [0.3, 0.4) is 0 Å². The normalized spacial score (nSPS) is 11.3. The minimum atomic E-state index is -3.58. The van der Waals surface area contributed by atoms with Crippen LogP contribution in [0.4, 0.5) is 5.69 Å². The lowest BCUT2D eigenvalue weighted by molar-refractivity contribution is 0.102. The largest absolute Gasteiger partial charge is 0.321 e. The van der Waals surface area contributed by atoms with Gasteiger partial charge in [-0.05, 0) is 49.2 Å². The number of rotatable bonds is 6. The molecule has 0 saturated carbocycles. The molecule has 24 heavy (non-hydrogen) atoms. The van der Waals surface area contributed by atoms with E-state index in [1.54, 1.807) is 12.1 Å². The maximum Gasteiger partial charge on any atom is 0.255 e. The molecular weight excluding hydrogens is 324 g/mol. The van der Waals surface area contributed by atoms with Gasteiger partial charge in [0, 0.05) is 11.3 Å². The second kappa shape index (κ2) is 7.59. The lowest BCUT2D eigenvalue weighted by Crippen LogP contribution is -2.20. The van der Waals surface area contributed by atoms with E-state index in [-0.39, 0.29) is 10.8 Å². The number of nitrogens with one attached hydrogen (secondary N) is 2. The summed E-state index contributed by atoms with van der Waals surface area (Å²) in [6.45, 7) is 4.06. The molecule has 0 heterocycles. The Morgan fingerprint density at radius 3 is 2.12 bits per heavy atom. The monoisotopic (exact) mass is 346 g/mol. The lowest BCUT2D eigenvalue weighted by Gasteiger charge is -2.14. The number of carbonyl (C=O) groups is 1. The van der Waals surface area contributed by atoms with Crippen molar-refractivity contribution in [2.75, 3.05) is 12.4 Å². The van der Waals surface area contributed by atoms with E-state index in [0.29, 0.717) is 5.56 Å². The Morgan fingerprint density at radius 1 is 1.00 bits per heavy atom. The van der Waals surface area contributed by atoms with Crippen LogP contribution in [0.5, 0.6) is 0 Å². The predicted octanol–water partition coefficient (Wildman–Crippen LogP) is 2.97. The van der Waals surface area contributed by atoms with Crippen molar-refractivity contribution in [1.29, 1.82) is 0 Å². The summed E-state index contributed by atoms with van der Waals surface area (Å²) >= 11 is 0. The van der Waals surface area contributed by atoms with E-state index >= 15 is 0 Å². The lowest BCUT2D eigenvalue weighted by atomic mass is 10.0. The molecule has 2 aromatic rings. The Bertz CT molecular complexity index is 823. The Labute approximate surface area is 143 Å². The van der Waals surface area contributed by atoms with E-state index in [4.69, 9.17) is 0 Å². The quantitative estimate of drug-likeness (QED) is 0.844. The molecule has 128 valence electrons. The van der Waals surface area contributed by atoms with Crippen LogP contribution in [-0.4, -0.2) is 21.4 Å². The van der Waals surface area contributed by atoms with E-state index in [1.807, 2.05) is 32.0 Å². The third-order valence-electron chi connectivity index (χ3n) is 3.91. The van der Waals surface area contributed by atoms with E-state index in [0.717, 1.165) is 29.7 Å². The van der Waals surface area contributed by atoms with Crippen molar-refractivity contribution in [2.45, 2.75) is 31.6 Å². The van der Waals surface area contributed by atoms with Gasteiger partial charge in [-0.15, -0.1) is 0 Å². The molecule has 0 bridgehead atoms. The maximum atomic E-state index is 12.6. The van der Waals surface area contributed by atoms with Crippen LogP contribution in [0.2, 0.25) is 0 Å². The number of benzene rings is 2. The molecule has 5 nitrogen and oxygen atoms in total. The molecule has 0 spiro atoms. The van der Waals surface area contributed by atoms with E-state index in [1.165, 1.54) is 19.2 Å². The second-order valence-electron chi connectivity index (χ2n) is 5.35. The van der Waals surface area contributed by atoms with Gasteiger partial charge in [-0.2, -0.15) is 0 Å². The molecule has 0 radical (unpaired) electrons. The molecule has 0 aliphatic carbocycles. The summed E-state index contributed by atoms with van der Waals surface area (Å²) in [5.74, 6) is -0.321. The molecule has 0 aromatic heterocycles. The molecule has 0 saturated heterocycles. The molecule has 0 aliphatic rings. The minimum absolute atomic E-state index is 0.0668. The van der Waals surface area contributed by atoms with Crippen LogP contribution in [-0.2, 0) is 22.9 Å². The third-order valence-corrected chi connectivity index (χ3v) is 5.32. The molecule has 1 amide bonds. The zero-order valence-corrected chi connectivity index (χ0v) is 14.9. The summed E-state index contributed by atoms with van der Waals surface area (Å²) in [6.07, 6.45) is 1.61. The third kappa shape index (κ3) is 3.83. The van der Waals surface area contributed by atoms with Crippen molar-refractivity contribution in [3.05, 3.63) is 59.2 Å². The number of aryl methyl sites for hydroxylation is 2. The first-order valence-electron chi connectivity index (χ1n) is 7.88. The Kier molecular flexibility index (Phi) is 5.75. The molecule has 0 aliphatic heterocycles. The zero-order valence-electron chi connectivity index (χ0n) is 14.1. The fourth-order valence-corrected chi connectivity index (χ4v) is 3.29. The first-order chi connectivity index (χ1) is 11.4. The fraction of sp³-hybridized carbons (Fsp3) is 0.278. The van der Waals surface area contributed by atoms with Crippen molar-refractivity contribution >= 4 is 21.6 Å². The van der Waals surface area contributed by atoms with Crippen LogP contribution in [0.1, 0.15) is 35.3 Å². The van der Waals surface area contributed by atoms with Crippen molar-refractivity contribution < 1.29 is 13.2 Å². The average Bonchev–Trinajstić information content (AvgIpc) is 2.61. The van der Waals surface area contributed by atoms with E-state index < -0.39 is 10.0 Å². The van der Waals surface area contributed by atoms with Crippen molar-refractivity contribution in [3.63, 3.8) is 0 Å². The maximum absolute atomic E-state index is 12.6. The molecule has 6 heteroatoms. The summed E-state index contributed by atoms with van der Waals surface area (Å²) in [5.41, 5.74) is 3.23. The zero-order chi connectivity index (χ0) is 17.7. The summed E-state index contributed by atoms with van der Waals surface area (Å²) in [6, 6.07) is 11.9. The highest BCUT2D eigenvalue weighted by molar-refractivity contribution is 7.89. The van der Waals surface area contributed by atoms with Gasteiger partial charge in [0.25, 0.3) is 5.91 Å². The number of para-hydroxylation sites is 1. The number of carbonyl (C=O) groups excluding carboxylic acids is 1. The van der Waals surface area contributed by atoms with E-state index in [2.05, 4.69) is 10.0 Å². The Balaban J connectivity index is 2.37. The predicted molar refractivity (Wildman–Crippen MR) is 95.8 cm³/mol. The highest BCUT2D eigenvalue weighted by atomic mass is 32.2. The summed E-state index contributed by atoms with van der Waals surface area (Å²) < 4.78 is 26.0. The number of hydrogen-bond donors (Lipinski definition) is 2. The summed E-state index contributed by atoms with van der Waals surface area (Å²) in [7, 11) is -2.24. The first-order valence-corrected chi connectivity index (χ1v) is 9.37. The molecule has 2 N–H and O–H groups in total. The van der Waals surface area contributed by atoms with Gasteiger partial charge in [-0.3, -0.25) is 4.79 Å². The van der Waals surface area contributed by atoms with Crippen LogP contribution in [0.25, 0.3) is 0 Å². The van der Waals surface area contributed by atoms with Gasteiger partial charge in [-0.25, -0.2) is 13.1 Å². The number of anilines is 1. The molecule has 0 atom stereocenters. The minimum Gasteiger partial charge on any atom is -0.321 e. The number of hydrogen-bond acceptors (Lipinski definition) is 3. The van der Waals surface area contributed by atoms with Gasteiger partial charge in [0.2, 0.25) is 10.0 Å². The standard InChI is InChI=1S/C18H22N2O3S/c1-4-13-8-6-9-14(5-2)17(13)20-18(21)15-10-7-11-16(12-15)24(22,23)19-3/h6-12,19H,4-5H2,1-3H3,(H,20,21). The van der Waals surface area contributed by atoms with Gasteiger partial charge < -0.3 is 5.32 Å². The smallest absolute Gasteiger partial charge is 0.255 e. The molecule has 0 fully saturated rings. The van der Waals surface area contributed by atoms with Gasteiger partial charge >= 0.3 is 0 Å². The molecule has 2 aromatic carbocycles. The van der Waals surface area contributed by atoms with Gasteiger partial charge in [0.05, 0.1) is 4.90 Å². The molecule has 2 rings (SSSR count).